The van der Waals surface area contributed by atoms with Crippen molar-refractivity contribution in [1.29, 1.82) is 0 Å². The van der Waals surface area contributed by atoms with Crippen molar-refractivity contribution in [3.05, 3.63) is 53.4 Å². The van der Waals surface area contributed by atoms with E-state index in [4.69, 9.17) is 30.6 Å². The molecule has 0 fully saturated rings. The van der Waals surface area contributed by atoms with Gasteiger partial charge in [-0.25, -0.2) is 9.78 Å². The second-order valence-corrected chi connectivity index (χ2v) is 5.47. The number of benzene rings is 2. The van der Waals surface area contributed by atoms with Crippen molar-refractivity contribution < 1.29 is 23.8 Å². The number of rotatable bonds is 4. The first-order chi connectivity index (χ1) is 12.0. The highest BCUT2D eigenvalue weighted by Gasteiger charge is 2.12. The van der Waals surface area contributed by atoms with Gasteiger partial charge in [-0.15, -0.1) is 0 Å². The molecule has 3 aromatic rings. The van der Waals surface area contributed by atoms with Gasteiger partial charge in [-0.05, 0) is 43.3 Å². The lowest BCUT2D eigenvalue weighted by Gasteiger charge is -2.10. The number of halogens is 1. The van der Waals surface area contributed by atoms with Gasteiger partial charge in [0, 0.05) is 17.0 Å². The van der Waals surface area contributed by atoms with Crippen LogP contribution in [0.1, 0.15) is 12.8 Å². The van der Waals surface area contributed by atoms with Crippen LogP contribution in [0.3, 0.4) is 0 Å². The third kappa shape index (κ3) is 4.22. The minimum atomic E-state index is -1.04. The van der Waals surface area contributed by atoms with Gasteiger partial charge in [-0.2, -0.15) is 0 Å². The Kier molecular flexibility index (Phi) is 4.78. The third-order valence-electron chi connectivity index (χ3n) is 3.16. The maximum atomic E-state index is 10.7. The lowest BCUT2D eigenvalue weighted by atomic mass is 10.3. The third-order valence-corrected chi connectivity index (χ3v) is 3.40. The zero-order valence-electron chi connectivity index (χ0n) is 13.0. The summed E-state index contributed by atoms with van der Waals surface area (Å²) in [5, 5.41) is 9.35. The number of carbonyl (C=O) groups is 1. The summed E-state index contributed by atoms with van der Waals surface area (Å²) in [7, 11) is 0. The Morgan fingerprint density at radius 2 is 1.96 bits per heavy atom. The smallest absolute Gasteiger partial charge is 0.344 e. The van der Waals surface area contributed by atoms with Crippen molar-refractivity contribution in [2.45, 2.75) is 13.0 Å². The standard InChI is InChI=1S/C18H12ClNO5/c1-11(18(21)22)24-14-5-3-13(4-6-14)23-9-8-17-20-15-7-2-12(19)10-16(15)25-17/h2-7,10-11H,1H3,(H,21,22)/t11-/m1/s1. The number of hydrogen-bond acceptors (Lipinski definition) is 5. The number of carboxylic acid groups (broad SMARTS) is 1. The number of fused-ring (bicyclic) bond motifs is 1. The minimum Gasteiger partial charge on any atom is -0.479 e. The van der Waals surface area contributed by atoms with Crippen LogP contribution in [0.25, 0.3) is 11.1 Å². The van der Waals surface area contributed by atoms with Crippen LogP contribution in [0.4, 0.5) is 0 Å². The highest BCUT2D eigenvalue weighted by Crippen LogP contribution is 2.20. The van der Waals surface area contributed by atoms with Gasteiger partial charge in [-0.1, -0.05) is 11.6 Å². The van der Waals surface area contributed by atoms with E-state index in [2.05, 4.69) is 17.0 Å². The van der Waals surface area contributed by atoms with Crippen LogP contribution in [0.2, 0.25) is 5.02 Å². The van der Waals surface area contributed by atoms with Crippen molar-refractivity contribution in [1.82, 2.24) is 4.98 Å². The summed E-state index contributed by atoms with van der Waals surface area (Å²) in [6, 6.07) is 11.5. The van der Waals surface area contributed by atoms with Gasteiger partial charge >= 0.3 is 5.97 Å². The maximum absolute atomic E-state index is 10.7. The average Bonchev–Trinajstić information content (AvgIpc) is 2.98. The molecule has 25 heavy (non-hydrogen) atoms. The largest absolute Gasteiger partial charge is 0.479 e. The number of hydrogen-bond donors (Lipinski definition) is 1. The van der Waals surface area contributed by atoms with Gasteiger partial charge in [0.15, 0.2) is 11.7 Å². The lowest BCUT2D eigenvalue weighted by Crippen LogP contribution is -2.22. The Morgan fingerprint density at radius 3 is 2.68 bits per heavy atom. The van der Waals surface area contributed by atoms with E-state index in [1.54, 1.807) is 42.5 Å². The van der Waals surface area contributed by atoms with Crippen molar-refractivity contribution in [2.24, 2.45) is 0 Å². The molecule has 0 aliphatic carbocycles. The fourth-order valence-corrected chi connectivity index (χ4v) is 2.08. The molecule has 0 aliphatic heterocycles. The average molecular weight is 358 g/mol. The SMILES string of the molecule is C[C@@H](Oc1ccc(OC#Cc2nc3ccc(Cl)cc3o2)cc1)C(=O)O. The van der Waals surface area contributed by atoms with Gasteiger partial charge in [0.2, 0.25) is 0 Å². The van der Waals surface area contributed by atoms with Crippen LogP contribution in [0, 0.1) is 12.0 Å². The first-order valence-corrected chi connectivity index (χ1v) is 7.62. The Labute approximate surface area is 147 Å². The molecule has 0 aliphatic rings. The molecule has 1 aromatic heterocycles. The number of aliphatic carboxylic acids is 1. The topological polar surface area (TPSA) is 81.8 Å². The molecule has 3 rings (SSSR count). The molecule has 6 nitrogen and oxygen atoms in total. The van der Waals surface area contributed by atoms with Crippen LogP contribution < -0.4 is 9.47 Å². The van der Waals surface area contributed by atoms with Crippen LogP contribution in [-0.2, 0) is 4.79 Å². The van der Waals surface area contributed by atoms with Gasteiger partial charge in [-0.3, -0.25) is 0 Å². The molecule has 7 heteroatoms. The highest BCUT2D eigenvalue weighted by molar-refractivity contribution is 6.31. The predicted molar refractivity (Wildman–Crippen MR) is 90.7 cm³/mol. The number of carboxylic acids is 1. The number of ether oxygens (including phenoxy) is 2. The summed E-state index contributed by atoms with van der Waals surface area (Å²) < 4.78 is 15.9. The zero-order valence-corrected chi connectivity index (χ0v) is 13.8. The van der Waals surface area contributed by atoms with Gasteiger partial charge in [0.05, 0.1) is 0 Å². The number of aromatic nitrogens is 1. The van der Waals surface area contributed by atoms with Crippen LogP contribution in [-0.4, -0.2) is 22.2 Å². The molecule has 0 saturated heterocycles. The number of oxazole rings is 1. The number of nitrogens with zero attached hydrogens (tertiary/aromatic N) is 1. The fraction of sp³-hybridized carbons (Fsp3) is 0.111. The summed E-state index contributed by atoms with van der Waals surface area (Å²) in [6.07, 6.45) is 1.57. The summed E-state index contributed by atoms with van der Waals surface area (Å²) >= 11 is 5.88. The molecule has 1 N–H and O–H groups in total. The molecular formula is C18H12ClNO5. The Bertz CT molecular complexity index is 969. The second-order valence-electron chi connectivity index (χ2n) is 5.03. The van der Waals surface area contributed by atoms with E-state index in [1.165, 1.54) is 6.92 Å². The zero-order chi connectivity index (χ0) is 17.8. The van der Waals surface area contributed by atoms with E-state index in [0.717, 1.165) is 0 Å². The highest BCUT2D eigenvalue weighted by atomic mass is 35.5. The van der Waals surface area contributed by atoms with Gasteiger partial charge in [0.25, 0.3) is 5.89 Å². The first-order valence-electron chi connectivity index (χ1n) is 7.25. The van der Waals surface area contributed by atoms with E-state index < -0.39 is 12.1 Å². The summed E-state index contributed by atoms with van der Waals surface area (Å²) in [6.45, 7) is 1.45. The first kappa shape index (κ1) is 16.7. The molecular weight excluding hydrogens is 346 g/mol. The van der Waals surface area contributed by atoms with E-state index in [0.29, 0.717) is 27.6 Å². The summed E-state index contributed by atoms with van der Waals surface area (Å²) in [5.41, 5.74) is 1.20. The van der Waals surface area contributed by atoms with Crippen LogP contribution in [0.15, 0.2) is 46.9 Å². The molecule has 0 bridgehead atoms. The van der Waals surface area contributed by atoms with E-state index >= 15 is 0 Å². The van der Waals surface area contributed by atoms with Gasteiger partial charge < -0.3 is 19.0 Å². The van der Waals surface area contributed by atoms with E-state index in [1.807, 2.05) is 0 Å². The molecule has 0 amide bonds. The Balaban J connectivity index is 1.65. The second kappa shape index (κ2) is 7.16. The predicted octanol–water partition coefficient (Wildman–Crippen LogP) is 3.72. The molecule has 126 valence electrons. The van der Waals surface area contributed by atoms with Crippen LogP contribution >= 0.6 is 11.6 Å². The molecule has 0 unspecified atom stereocenters. The maximum Gasteiger partial charge on any atom is 0.344 e. The van der Waals surface area contributed by atoms with Crippen molar-refractivity contribution in [2.75, 3.05) is 0 Å². The van der Waals surface area contributed by atoms with Crippen molar-refractivity contribution >= 4 is 28.7 Å². The molecule has 0 spiro atoms. The van der Waals surface area contributed by atoms with Gasteiger partial charge in [0.1, 0.15) is 23.1 Å². The lowest BCUT2D eigenvalue weighted by molar-refractivity contribution is -0.144. The monoisotopic (exact) mass is 357 g/mol. The fourth-order valence-electron chi connectivity index (χ4n) is 1.92. The van der Waals surface area contributed by atoms with Crippen LogP contribution in [0.5, 0.6) is 11.5 Å². The normalized spacial score (nSPS) is 11.4. The molecule has 1 atom stereocenters. The van der Waals surface area contributed by atoms with E-state index in [9.17, 15) is 4.79 Å². The summed E-state index contributed by atoms with van der Waals surface area (Å²) in [4.78, 5) is 14.9. The minimum absolute atomic E-state index is 0.215. The summed E-state index contributed by atoms with van der Waals surface area (Å²) in [5.74, 6) is 2.74. The molecule has 0 saturated carbocycles. The molecule has 1 heterocycles. The molecule has 0 radical (unpaired) electrons. The van der Waals surface area contributed by atoms with Crippen molar-refractivity contribution in [3.8, 4) is 23.5 Å². The van der Waals surface area contributed by atoms with E-state index in [-0.39, 0.29) is 5.89 Å². The Hall–Kier alpha value is -3.17. The molecule has 2 aromatic carbocycles. The van der Waals surface area contributed by atoms with Crippen molar-refractivity contribution in [3.63, 3.8) is 0 Å². The Morgan fingerprint density at radius 1 is 1.24 bits per heavy atom. The quantitative estimate of drug-likeness (QED) is 0.716.